The highest BCUT2D eigenvalue weighted by Crippen LogP contribution is 2.23. The lowest BCUT2D eigenvalue weighted by Gasteiger charge is -2.36. The van der Waals surface area contributed by atoms with Gasteiger partial charge < -0.3 is 15.7 Å². The highest BCUT2D eigenvalue weighted by atomic mass is 16.3. The molecule has 2 rings (SSSR count). The third-order valence-corrected chi connectivity index (χ3v) is 4.15. The summed E-state index contributed by atoms with van der Waals surface area (Å²) in [5.41, 5.74) is 7.41. The van der Waals surface area contributed by atoms with Gasteiger partial charge in [0.2, 0.25) is 0 Å². The molecule has 0 aliphatic carbocycles. The average molecular weight is 263 g/mol. The van der Waals surface area contributed by atoms with Crippen LogP contribution in [0.4, 0.5) is 5.69 Å². The van der Waals surface area contributed by atoms with E-state index in [2.05, 4.69) is 23.8 Å². The zero-order valence-corrected chi connectivity index (χ0v) is 12.0. The Morgan fingerprint density at radius 3 is 2.68 bits per heavy atom. The van der Waals surface area contributed by atoms with Crippen molar-refractivity contribution in [3.8, 4) is 5.75 Å². The van der Waals surface area contributed by atoms with Crippen LogP contribution in [0.25, 0.3) is 0 Å². The topological polar surface area (TPSA) is 52.7 Å². The Morgan fingerprint density at radius 2 is 2.05 bits per heavy atom. The zero-order valence-electron chi connectivity index (χ0n) is 12.0. The summed E-state index contributed by atoms with van der Waals surface area (Å²) in [6, 6.07) is 5.88. The minimum atomic E-state index is 0.340. The zero-order chi connectivity index (χ0) is 13.8. The van der Waals surface area contributed by atoms with Gasteiger partial charge in [0, 0.05) is 23.8 Å². The number of benzene rings is 1. The average Bonchev–Trinajstić information content (AvgIpc) is 2.43. The molecule has 0 spiro atoms. The maximum Gasteiger partial charge on any atom is 0.120 e. The Bertz CT molecular complexity index is 414. The van der Waals surface area contributed by atoms with Gasteiger partial charge in [-0.3, -0.25) is 4.90 Å². The van der Waals surface area contributed by atoms with E-state index in [9.17, 15) is 5.11 Å². The van der Waals surface area contributed by atoms with Gasteiger partial charge >= 0.3 is 0 Å². The minimum Gasteiger partial charge on any atom is -0.508 e. The molecule has 3 N–H and O–H groups in total. The first kappa shape index (κ1) is 14.2. The van der Waals surface area contributed by atoms with E-state index in [0.717, 1.165) is 18.7 Å². The molecule has 4 heteroatoms. The SMILES string of the molecule is CCN1CCC(N(C)Cc2cc(N)ccc2O)CC1. The van der Waals surface area contributed by atoms with E-state index in [1.54, 1.807) is 12.1 Å². The van der Waals surface area contributed by atoms with Gasteiger partial charge in [-0.2, -0.15) is 0 Å². The van der Waals surface area contributed by atoms with E-state index < -0.39 is 0 Å². The van der Waals surface area contributed by atoms with Crippen LogP contribution in [0.5, 0.6) is 5.75 Å². The van der Waals surface area contributed by atoms with Crippen molar-refractivity contribution in [2.75, 3.05) is 32.4 Å². The van der Waals surface area contributed by atoms with Crippen LogP contribution in [-0.4, -0.2) is 47.6 Å². The molecule has 0 bridgehead atoms. The third kappa shape index (κ3) is 3.61. The van der Waals surface area contributed by atoms with Crippen LogP contribution in [0.2, 0.25) is 0 Å². The molecule has 0 amide bonds. The largest absolute Gasteiger partial charge is 0.508 e. The summed E-state index contributed by atoms with van der Waals surface area (Å²) in [5.74, 6) is 0.340. The second kappa shape index (κ2) is 6.26. The number of anilines is 1. The summed E-state index contributed by atoms with van der Waals surface area (Å²) >= 11 is 0. The fourth-order valence-corrected chi connectivity index (χ4v) is 2.81. The molecular weight excluding hydrogens is 238 g/mol. The molecule has 1 aliphatic heterocycles. The molecule has 1 aromatic carbocycles. The van der Waals surface area contributed by atoms with Gasteiger partial charge in [0.1, 0.15) is 5.75 Å². The minimum absolute atomic E-state index is 0.340. The van der Waals surface area contributed by atoms with Crippen molar-refractivity contribution in [1.29, 1.82) is 0 Å². The van der Waals surface area contributed by atoms with Gasteiger partial charge in [-0.05, 0) is 57.7 Å². The smallest absolute Gasteiger partial charge is 0.120 e. The molecule has 0 atom stereocenters. The van der Waals surface area contributed by atoms with E-state index in [-0.39, 0.29) is 0 Å². The number of piperidine rings is 1. The van der Waals surface area contributed by atoms with E-state index in [1.807, 2.05) is 6.07 Å². The van der Waals surface area contributed by atoms with E-state index in [0.29, 0.717) is 17.5 Å². The highest BCUT2D eigenvalue weighted by molar-refractivity contribution is 5.47. The van der Waals surface area contributed by atoms with Crippen molar-refractivity contribution in [2.24, 2.45) is 0 Å². The number of hydrogen-bond acceptors (Lipinski definition) is 4. The standard InChI is InChI=1S/C15H25N3O/c1-3-18-8-6-14(7-9-18)17(2)11-12-10-13(16)4-5-15(12)19/h4-5,10,14,19H,3,6-9,11,16H2,1-2H3. The maximum atomic E-state index is 9.87. The number of rotatable bonds is 4. The second-order valence-electron chi connectivity index (χ2n) is 5.47. The number of aromatic hydroxyl groups is 1. The molecule has 0 saturated carbocycles. The molecule has 0 unspecified atom stereocenters. The third-order valence-electron chi connectivity index (χ3n) is 4.15. The first-order valence-corrected chi connectivity index (χ1v) is 7.10. The summed E-state index contributed by atoms with van der Waals surface area (Å²) in [7, 11) is 2.13. The summed E-state index contributed by atoms with van der Waals surface area (Å²) < 4.78 is 0. The predicted molar refractivity (Wildman–Crippen MR) is 79.1 cm³/mol. The molecule has 0 aromatic heterocycles. The Balaban J connectivity index is 1.94. The van der Waals surface area contributed by atoms with Gasteiger partial charge in [-0.25, -0.2) is 0 Å². The van der Waals surface area contributed by atoms with E-state index in [4.69, 9.17) is 5.73 Å². The van der Waals surface area contributed by atoms with Crippen molar-refractivity contribution in [3.05, 3.63) is 23.8 Å². The van der Waals surface area contributed by atoms with Gasteiger partial charge in [0.25, 0.3) is 0 Å². The lowest BCUT2D eigenvalue weighted by Crippen LogP contribution is -2.42. The van der Waals surface area contributed by atoms with Crippen LogP contribution in [0.1, 0.15) is 25.3 Å². The molecule has 1 aromatic rings. The molecule has 19 heavy (non-hydrogen) atoms. The van der Waals surface area contributed by atoms with E-state index in [1.165, 1.54) is 25.9 Å². The molecule has 1 aliphatic rings. The van der Waals surface area contributed by atoms with Gasteiger partial charge in [0.05, 0.1) is 0 Å². The van der Waals surface area contributed by atoms with Crippen LogP contribution < -0.4 is 5.73 Å². The number of phenols is 1. The maximum absolute atomic E-state index is 9.87. The number of nitrogens with zero attached hydrogens (tertiary/aromatic N) is 2. The summed E-state index contributed by atoms with van der Waals surface area (Å²) in [4.78, 5) is 4.82. The summed E-state index contributed by atoms with van der Waals surface area (Å²) in [6.45, 7) is 6.47. The van der Waals surface area contributed by atoms with Crippen molar-refractivity contribution in [2.45, 2.75) is 32.4 Å². The predicted octanol–water partition coefficient (Wildman–Crippen LogP) is 1.89. The Kier molecular flexibility index (Phi) is 4.66. The Morgan fingerprint density at radius 1 is 1.37 bits per heavy atom. The van der Waals surface area contributed by atoms with Crippen LogP contribution in [-0.2, 0) is 6.54 Å². The Labute approximate surface area is 115 Å². The van der Waals surface area contributed by atoms with Gasteiger partial charge in [-0.15, -0.1) is 0 Å². The number of nitrogen functional groups attached to an aromatic ring is 1. The molecule has 1 fully saturated rings. The second-order valence-corrected chi connectivity index (χ2v) is 5.47. The molecule has 1 saturated heterocycles. The number of nitrogens with two attached hydrogens (primary N) is 1. The van der Waals surface area contributed by atoms with Gasteiger partial charge in [0.15, 0.2) is 0 Å². The van der Waals surface area contributed by atoms with Crippen molar-refractivity contribution >= 4 is 5.69 Å². The molecular formula is C15H25N3O. The van der Waals surface area contributed by atoms with Crippen molar-refractivity contribution < 1.29 is 5.11 Å². The lowest BCUT2D eigenvalue weighted by molar-refractivity contribution is 0.126. The highest BCUT2D eigenvalue weighted by Gasteiger charge is 2.22. The molecule has 106 valence electrons. The fourth-order valence-electron chi connectivity index (χ4n) is 2.81. The lowest BCUT2D eigenvalue weighted by atomic mass is 10.0. The Hall–Kier alpha value is -1.26. The first-order valence-electron chi connectivity index (χ1n) is 7.10. The summed E-state index contributed by atoms with van der Waals surface area (Å²) in [6.07, 6.45) is 2.40. The number of phenolic OH excluding ortho intramolecular Hbond substituents is 1. The fraction of sp³-hybridized carbons (Fsp3) is 0.600. The summed E-state index contributed by atoms with van der Waals surface area (Å²) in [5, 5.41) is 9.87. The number of likely N-dealkylation sites (tertiary alicyclic amines) is 1. The van der Waals surface area contributed by atoms with Crippen LogP contribution >= 0.6 is 0 Å². The first-order chi connectivity index (χ1) is 9.10. The molecule has 4 nitrogen and oxygen atoms in total. The normalized spacial score (nSPS) is 18.1. The monoisotopic (exact) mass is 263 g/mol. The van der Waals surface area contributed by atoms with Crippen LogP contribution in [0.3, 0.4) is 0 Å². The van der Waals surface area contributed by atoms with Crippen molar-refractivity contribution in [3.63, 3.8) is 0 Å². The van der Waals surface area contributed by atoms with Crippen LogP contribution in [0, 0.1) is 0 Å². The number of hydrogen-bond donors (Lipinski definition) is 2. The van der Waals surface area contributed by atoms with Crippen LogP contribution in [0.15, 0.2) is 18.2 Å². The quantitative estimate of drug-likeness (QED) is 0.643. The van der Waals surface area contributed by atoms with E-state index >= 15 is 0 Å². The van der Waals surface area contributed by atoms with Gasteiger partial charge in [-0.1, -0.05) is 6.92 Å². The molecule has 1 heterocycles. The molecule has 0 radical (unpaired) electrons. The van der Waals surface area contributed by atoms with Crippen molar-refractivity contribution in [1.82, 2.24) is 9.80 Å².